The molecule has 0 aromatic carbocycles. The van der Waals surface area contributed by atoms with Crippen LogP contribution in [0.4, 0.5) is 0 Å². The average molecular weight is 548 g/mol. The average Bonchev–Trinajstić information content (AvgIpc) is 2.64. The van der Waals surface area contributed by atoms with Gasteiger partial charge in [-0.25, -0.2) is 0 Å². The van der Waals surface area contributed by atoms with E-state index in [1.165, 1.54) is 0 Å². The number of aliphatic hydroxyl groups excluding tert-OH is 6. The first-order valence-electron chi connectivity index (χ1n) is 6.73. The number of hydrogen-bond acceptors (Lipinski definition) is 18. The summed E-state index contributed by atoms with van der Waals surface area (Å²) < 4.78 is 0. The van der Waals surface area contributed by atoms with Crippen LogP contribution in [0.25, 0.3) is 0 Å². The molecule has 2 radical (unpaired) electrons. The Hall–Kier alpha value is -2.36. The predicted molar refractivity (Wildman–Crippen MR) is 66.1 cm³/mol. The molecule has 0 bridgehead atoms. The third-order valence-corrected chi connectivity index (χ3v) is 2.35. The summed E-state index contributed by atoms with van der Waals surface area (Å²) >= 11 is 0. The van der Waals surface area contributed by atoms with Crippen molar-refractivity contribution in [2.24, 2.45) is 0 Å². The summed E-state index contributed by atoms with van der Waals surface area (Å²) in [5, 5.41) is 107. The monoisotopic (exact) mass is 548 g/mol. The SMILES string of the molecule is O=C([O-])C(O)C(O)C(=O)[O-].O=C([O-])C(O)C(O)C(=O)[O-].O=C([O-])C(O)C(O)C(=O)[O-].[Cr+3].[Cr+3]. The first-order valence-corrected chi connectivity index (χ1v) is 6.73. The quantitative estimate of drug-likeness (QED) is 0.156. The van der Waals surface area contributed by atoms with Gasteiger partial charge in [0.2, 0.25) is 0 Å². The van der Waals surface area contributed by atoms with Crippen LogP contribution in [0.5, 0.6) is 0 Å². The molecule has 6 unspecified atom stereocenters. The van der Waals surface area contributed by atoms with Crippen molar-refractivity contribution in [1.82, 2.24) is 0 Å². The molecule has 180 valence electrons. The second-order valence-corrected chi connectivity index (χ2v) is 4.58. The van der Waals surface area contributed by atoms with Gasteiger partial charge in [0.1, 0.15) is 36.6 Å². The summed E-state index contributed by atoms with van der Waals surface area (Å²) in [6.45, 7) is 0. The second kappa shape index (κ2) is 19.3. The maximum absolute atomic E-state index is 9.63. The third kappa shape index (κ3) is 17.3. The predicted octanol–water partition coefficient (Wildman–Crippen LogP) is -14.4. The van der Waals surface area contributed by atoms with E-state index in [0.29, 0.717) is 0 Å². The van der Waals surface area contributed by atoms with Crippen molar-refractivity contribution < 1.29 is 125 Å². The number of carboxylic acid groups (broad SMARTS) is 6. The molecule has 0 spiro atoms. The molecule has 18 nitrogen and oxygen atoms in total. The van der Waals surface area contributed by atoms with Crippen molar-refractivity contribution in [2.45, 2.75) is 36.6 Å². The van der Waals surface area contributed by atoms with Gasteiger partial charge in [0.25, 0.3) is 0 Å². The smallest absolute Gasteiger partial charge is 0.547 e. The van der Waals surface area contributed by atoms with Crippen LogP contribution in [0, 0.1) is 0 Å². The summed E-state index contributed by atoms with van der Waals surface area (Å²) in [7, 11) is 0. The molecule has 0 aliphatic heterocycles. The largest absolute Gasteiger partial charge is 3.00 e. The maximum atomic E-state index is 9.63. The molecule has 6 atom stereocenters. The maximum Gasteiger partial charge on any atom is 3.00 e. The molecule has 0 aromatic heterocycles. The molecule has 0 saturated heterocycles. The number of carbonyl (C=O) groups excluding carboxylic acids is 6. The minimum Gasteiger partial charge on any atom is -0.547 e. The van der Waals surface area contributed by atoms with Gasteiger partial charge in [-0.15, -0.1) is 0 Å². The summed E-state index contributed by atoms with van der Waals surface area (Å²) in [6, 6.07) is 0. The third-order valence-electron chi connectivity index (χ3n) is 2.35. The topological polar surface area (TPSA) is 362 Å². The minimum atomic E-state index is -2.44. The molecule has 0 saturated carbocycles. The standard InChI is InChI=1S/3C4H6O6.2Cr/c3*5-1(3(7)8)2(6)4(9)10;;/h3*1-2,5-6H,(H,7,8)(H,9,10);;/q;;;2*+3/p-6. The Morgan fingerprint density at radius 3 is 0.438 bits per heavy atom. The number of hydrogen-bond donors (Lipinski definition) is 6. The summed E-state index contributed by atoms with van der Waals surface area (Å²) in [4.78, 5) is 57.8. The van der Waals surface area contributed by atoms with Crippen LogP contribution in [-0.2, 0) is 63.5 Å². The molecule has 6 N–H and O–H groups in total. The Kier molecular flexibility index (Phi) is 24.2. The van der Waals surface area contributed by atoms with Gasteiger partial charge in [0, 0.05) is 0 Å². The van der Waals surface area contributed by atoms with E-state index in [-0.39, 0.29) is 34.7 Å². The fourth-order valence-electron chi connectivity index (χ4n) is 0.773. The Morgan fingerprint density at radius 1 is 0.344 bits per heavy atom. The fraction of sp³-hybridized carbons (Fsp3) is 0.500. The second-order valence-electron chi connectivity index (χ2n) is 4.58. The summed E-state index contributed by atoms with van der Waals surface area (Å²) in [5.41, 5.74) is 0. The van der Waals surface area contributed by atoms with Crippen molar-refractivity contribution in [3.63, 3.8) is 0 Å². The molecule has 0 aromatic rings. The summed E-state index contributed by atoms with van der Waals surface area (Å²) in [5.74, 6) is -12.4. The molecule has 0 heterocycles. The van der Waals surface area contributed by atoms with E-state index >= 15 is 0 Å². The van der Waals surface area contributed by atoms with E-state index in [9.17, 15) is 59.4 Å². The molecule has 0 aliphatic rings. The van der Waals surface area contributed by atoms with Crippen LogP contribution >= 0.6 is 0 Å². The first kappa shape index (κ1) is 40.0. The van der Waals surface area contributed by atoms with Gasteiger partial charge < -0.3 is 90.0 Å². The number of carboxylic acids is 6. The van der Waals surface area contributed by atoms with Crippen LogP contribution in [0.3, 0.4) is 0 Å². The Labute approximate surface area is 197 Å². The van der Waals surface area contributed by atoms with Crippen LogP contribution in [-0.4, -0.2) is 103 Å². The first-order chi connectivity index (χ1) is 13.4. The summed E-state index contributed by atoms with van der Waals surface area (Å²) in [6.07, 6.45) is -14.6. The normalized spacial score (nSPS) is 14.8. The van der Waals surface area contributed by atoms with Gasteiger partial charge >= 0.3 is 34.7 Å². The van der Waals surface area contributed by atoms with Crippen LogP contribution in [0.1, 0.15) is 0 Å². The van der Waals surface area contributed by atoms with Gasteiger partial charge in [-0.3, -0.25) is 0 Å². The van der Waals surface area contributed by atoms with Gasteiger partial charge in [0.15, 0.2) is 0 Å². The number of carbonyl (C=O) groups is 6. The fourth-order valence-corrected chi connectivity index (χ4v) is 0.773. The van der Waals surface area contributed by atoms with E-state index in [1.54, 1.807) is 0 Å². The zero-order valence-corrected chi connectivity index (χ0v) is 17.4. The van der Waals surface area contributed by atoms with Crippen LogP contribution in [0.15, 0.2) is 0 Å². The van der Waals surface area contributed by atoms with E-state index in [1.807, 2.05) is 0 Å². The van der Waals surface area contributed by atoms with Crippen LogP contribution in [0.2, 0.25) is 0 Å². The Morgan fingerprint density at radius 2 is 0.406 bits per heavy atom. The zero-order chi connectivity index (χ0) is 24.9. The van der Waals surface area contributed by atoms with E-state index in [4.69, 9.17) is 30.6 Å². The molecular formula is C12H12Cr2O18. The van der Waals surface area contributed by atoms with Gasteiger partial charge in [-0.2, -0.15) is 0 Å². The van der Waals surface area contributed by atoms with Crippen molar-refractivity contribution >= 4 is 35.8 Å². The van der Waals surface area contributed by atoms with Gasteiger partial charge in [0.05, 0.1) is 35.8 Å². The van der Waals surface area contributed by atoms with Crippen molar-refractivity contribution in [3.8, 4) is 0 Å². The number of aliphatic hydroxyl groups is 6. The van der Waals surface area contributed by atoms with Crippen molar-refractivity contribution in [1.29, 1.82) is 0 Å². The molecule has 0 fully saturated rings. The number of rotatable bonds is 9. The van der Waals surface area contributed by atoms with Crippen molar-refractivity contribution in [3.05, 3.63) is 0 Å². The zero-order valence-electron chi connectivity index (χ0n) is 14.9. The van der Waals surface area contributed by atoms with Crippen LogP contribution < -0.4 is 30.6 Å². The van der Waals surface area contributed by atoms with E-state index < -0.39 is 72.4 Å². The molecule has 0 aliphatic carbocycles. The van der Waals surface area contributed by atoms with E-state index in [0.717, 1.165) is 0 Å². The van der Waals surface area contributed by atoms with E-state index in [2.05, 4.69) is 0 Å². The van der Waals surface area contributed by atoms with Gasteiger partial charge in [-0.05, 0) is 0 Å². The van der Waals surface area contributed by atoms with Crippen molar-refractivity contribution in [2.75, 3.05) is 0 Å². The number of aliphatic carboxylic acids is 6. The molecule has 0 rings (SSSR count). The van der Waals surface area contributed by atoms with Gasteiger partial charge in [-0.1, -0.05) is 0 Å². The molecule has 20 heteroatoms. The molecular weight excluding hydrogens is 536 g/mol. The minimum absolute atomic E-state index is 0. The molecule has 32 heavy (non-hydrogen) atoms. The Balaban J connectivity index is -0.000000110. The Bertz CT molecular complexity index is 498. The molecule has 0 amide bonds.